The molecule has 0 aliphatic heterocycles. The van der Waals surface area contributed by atoms with Gasteiger partial charge in [0.15, 0.2) is 5.69 Å². The van der Waals surface area contributed by atoms with E-state index in [1.54, 1.807) is 43.5 Å². The SMILES string of the molecule is COc1cc(NC(=O)c2nc(-c3ccccc3)oc2C)ccc1NC(=O)c1cccnc1. The molecule has 2 N–H and O–H groups in total. The van der Waals surface area contributed by atoms with E-state index in [1.165, 1.54) is 13.3 Å². The van der Waals surface area contributed by atoms with Crippen molar-refractivity contribution in [1.82, 2.24) is 9.97 Å². The lowest BCUT2D eigenvalue weighted by atomic mass is 10.2. The van der Waals surface area contributed by atoms with Crippen LogP contribution in [0.2, 0.25) is 0 Å². The fourth-order valence-corrected chi connectivity index (χ4v) is 3.07. The Morgan fingerprint density at radius 3 is 2.50 bits per heavy atom. The normalized spacial score (nSPS) is 10.4. The Hall–Kier alpha value is -4.46. The van der Waals surface area contributed by atoms with E-state index < -0.39 is 5.91 Å². The lowest BCUT2D eigenvalue weighted by Crippen LogP contribution is -2.15. The number of methoxy groups -OCH3 is 1. The molecule has 2 aromatic heterocycles. The highest BCUT2D eigenvalue weighted by molar-refractivity contribution is 6.06. The van der Waals surface area contributed by atoms with Crippen molar-refractivity contribution < 1.29 is 18.7 Å². The minimum Gasteiger partial charge on any atom is -0.494 e. The number of aromatic nitrogens is 2. The molecule has 32 heavy (non-hydrogen) atoms. The molecule has 0 aliphatic carbocycles. The van der Waals surface area contributed by atoms with E-state index in [0.717, 1.165) is 5.56 Å². The van der Waals surface area contributed by atoms with Gasteiger partial charge in [-0.1, -0.05) is 18.2 Å². The first-order valence-electron chi connectivity index (χ1n) is 9.79. The topological polar surface area (TPSA) is 106 Å². The maximum Gasteiger partial charge on any atom is 0.277 e. The summed E-state index contributed by atoms with van der Waals surface area (Å²) >= 11 is 0. The average Bonchev–Trinajstić information content (AvgIpc) is 3.23. The number of nitrogens with one attached hydrogen (secondary N) is 2. The number of amides is 2. The van der Waals surface area contributed by atoms with Crippen molar-refractivity contribution in [3.63, 3.8) is 0 Å². The summed E-state index contributed by atoms with van der Waals surface area (Å²) in [6, 6.07) is 17.6. The molecule has 2 aromatic carbocycles. The Bertz CT molecular complexity index is 1250. The third-order valence-corrected chi connectivity index (χ3v) is 4.66. The number of ether oxygens (including phenoxy) is 1. The van der Waals surface area contributed by atoms with Crippen molar-refractivity contribution in [2.24, 2.45) is 0 Å². The van der Waals surface area contributed by atoms with Crippen molar-refractivity contribution in [3.8, 4) is 17.2 Å². The fourth-order valence-electron chi connectivity index (χ4n) is 3.07. The molecule has 0 saturated carbocycles. The van der Waals surface area contributed by atoms with E-state index in [4.69, 9.17) is 9.15 Å². The van der Waals surface area contributed by atoms with Gasteiger partial charge in [-0.15, -0.1) is 0 Å². The van der Waals surface area contributed by atoms with E-state index in [9.17, 15) is 9.59 Å². The molecular formula is C24H20N4O4. The predicted molar refractivity (Wildman–Crippen MR) is 120 cm³/mol. The smallest absolute Gasteiger partial charge is 0.277 e. The second-order valence-electron chi connectivity index (χ2n) is 6.85. The number of hydrogen-bond acceptors (Lipinski definition) is 6. The van der Waals surface area contributed by atoms with E-state index in [0.29, 0.717) is 34.3 Å². The summed E-state index contributed by atoms with van der Waals surface area (Å²) in [6.07, 6.45) is 3.06. The number of anilines is 2. The molecule has 4 aromatic rings. The summed E-state index contributed by atoms with van der Waals surface area (Å²) in [5.74, 6) is 0.442. The van der Waals surface area contributed by atoms with Crippen LogP contribution in [0.3, 0.4) is 0 Å². The van der Waals surface area contributed by atoms with Gasteiger partial charge in [-0.3, -0.25) is 14.6 Å². The van der Waals surface area contributed by atoms with Crippen LogP contribution in [0, 0.1) is 6.92 Å². The molecule has 2 amide bonds. The number of carbonyl (C=O) groups is 2. The lowest BCUT2D eigenvalue weighted by Gasteiger charge is -2.12. The van der Waals surface area contributed by atoms with Gasteiger partial charge in [-0.25, -0.2) is 4.98 Å². The number of rotatable bonds is 6. The first-order chi connectivity index (χ1) is 15.5. The molecule has 8 heteroatoms. The zero-order valence-corrected chi connectivity index (χ0v) is 17.5. The summed E-state index contributed by atoms with van der Waals surface area (Å²) in [6.45, 7) is 1.69. The summed E-state index contributed by atoms with van der Waals surface area (Å²) in [7, 11) is 1.48. The number of hydrogen-bond donors (Lipinski definition) is 2. The first-order valence-corrected chi connectivity index (χ1v) is 9.79. The molecule has 0 spiro atoms. The predicted octanol–water partition coefficient (Wildman–Crippen LogP) is 4.56. The van der Waals surface area contributed by atoms with Crippen molar-refractivity contribution in [2.75, 3.05) is 17.7 Å². The van der Waals surface area contributed by atoms with Gasteiger partial charge in [0, 0.05) is 29.7 Å². The maximum atomic E-state index is 12.8. The number of oxazole rings is 1. The first kappa shape index (κ1) is 20.8. The van der Waals surface area contributed by atoms with Crippen LogP contribution in [0.25, 0.3) is 11.5 Å². The van der Waals surface area contributed by atoms with Crippen LogP contribution in [-0.4, -0.2) is 28.9 Å². The summed E-state index contributed by atoms with van der Waals surface area (Å²) < 4.78 is 11.0. The van der Waals surface area contributed by atoms with Gasteiger partial charge < -0.3 is 19.8 Å². The van der Waals surface area contributed by atoms with Gasteiger partial charge in [-0.2, -0.15) is 0 Å². The van der Waals surface area contributed by atoms with Gasteiger partial charge in [-0.05, 0) is 43.3 Å². The van der Waals surface area contributed by atoms with Crippen LogP contribution in [-0.2, 0) is 0 Å². The number of benzene rings is 2. The van der Waals surface area contributed by atoms with Gasteiger partial charge in [0.05, 0.1) is 18.4 Å². The van der Waals surface area contributed by atoms with Crippen LogP contribution in [0.1, 0.15) is 26.6 Å². The number of pyridine rings is 1. The standard InChI is InChI=1S/C24H20N4O4/c1-15-21(28-24(32-15)16-7-4-3-5-8-16)23(30)26-18-10-11-19(20(13-18)31-2)27-22(29)17-9-6-12-25-14-17/h3-14H,1-2H3,(H,26,30)(H,27,29). The van der Waals surface area contributed by atoms with Gasteiger partial charge in [0.2, 0.25) is 5.89 Å². The van der Waals surface area contributed by atoms with Gasteiger partial charge in [0.1, 0.15) is 11.5 Å². The van der Waals surface area contributed by atoms with E-state index in [1.807, 2.05) is 30.3 Å². The Kier molecular flexibility index (Phi) is 5.94. The Morgan fingerprint density at radius 2 is 1.78 bits per heavy atom. The van der Waals surface area contributed by atoms with Crippen LogP contribution in [0.4, 0.5) is 11.4 Å². The summed E-state index contributed by atoms with van der Waals surface area (Å²) in [4.78, 5) is 33.4. The molecule has 4 rings (SSSR count). The highest BCUT2D eigenvalue weighted by atomic mass is 16.5. The third kappa shape index (κ3) is 4.49. The molecular weight excluding hydrogens is 408 g/mol. The highest BCUT2D eigenvalue weighted by Gasteiger charge is 2.19. The Morgan fingerprint density at radius 1 is 0.969 bits per heavy atom. The van der Waals surface area contributed by atoms with Gasteiger partial charge in [0.25, 0.3) is 11.8 Å². The molecule has 0 radical (unpaired) electrons. The van der Waals surface area contributed by atoms with Crippen molar-refractivity contribution in [2.45, 2.75) is 6.92 Å². The molecule has 0 fully saturated rings. The second kappa shape index (κ2) is 9.13. The second-order valence-corrected chi connectivity index (χ2v) is 6.85. The zero-order chi connectivity index (χ0) is 22.5. The third-order valence-electron chi connectivity index (χ3n) is 4.66. The van der Waals surface area contributed by atoms with E-state index in [2.05, 4.69) is 20.6 Å². The minimum atomic E-state index is -0.414. The van der Waals surface area contributed by atoms with Crippen LogP contribution >= 0.6 is 0 Å². The monoisotopic (exact) mass is 428 g/mol. The number of nitrogens with zero attached hydrogens (tertiary/aromatic N) is 2. The highest BCUT2D eigenvalue weighted by Crippen LogP contribution is 2.29. The minimum absolute atomic E-state index is 0.191. The Balaban J connectivity index is 1.51. The molecule has 0 unspecified atom stereocenters. The summed E-state index contributed by atoms with van der Waals surface area (Å²) in [5.41, 5.74) is 2.34. The zero-order valence-electron chi connectivity index (χ0n) is 17.5. The molecule has 0 aliphatic rings. The van der Waals surface area contributed by atoms with Crippen molar-refractivity contribution in [1.29, 1.82) is 0 Å². The quantitative estimate of drug-likeness (QED) is 0.466. The number of aryl methyl sites for hydroxylation is 1. The maximum absolute atomic E-state index is 12.8. The molecule has 0 bridgehead atoms. The molecule has 0 saturated heterocycles. The fraction of sp³-hybridized carbons (Fsp3) is 0.0833. The largest absolute Gasteiger partial charge is 0.494 e. The molecule has 0 atom stereocenters. The van der Waals surface area contributed by atoms with E-state index >= 15 is 0 Å². The average molecular weight is 428 g/mol. The van der Waals surface area contributed by atoms with Crippen molar-refractivity contribution >= 4 is 23.2 Å². The molecule has 2 heterocycles. The van der Waals surface area contributed by atoms with E-state index in [-0.39, 0.29) is 11.6 Å². The van der Waals surface area contributed by atoms with Crippen molar-refractivity contribution in [3.05, 3.63) is 90.1 Å². The van der Waals surface area contributed by atoms with Crippen LogP contribution < -0.4 is 15.4 Å². The van der Waals surface area contributed by atoms with Gasteiger partial charge >= 0.3 is 0 Å². The lowest BCUT2D eigenvalue weighted by molar-refractivity contribution is 0.101. The molecule has 160 valence electrons. The molecule has 8 nitrogen and oxygen atoms in total. The van der Waals surface area contributed by atoms with Crippen LogP contribution in [0.5, 0.6) is 5.75 Å². The Labute approximate surface area is 184 Å². The summed E-state index contributed by atoms with van der Waals surface area (Å²) in [5, 5.41) is 5.56. The van der Waals surface area contributed by atoms with Crippen LogP contribution in [0.15, 0.2) is 77.5 Å². The number of carbonyl (C=O) groups excluding carboxylic acids is 2.